The summed E-state index contributed by atoms with van der Waals surface area (Å²) in [4.78, 5) is 39.4. The Kier molecular flexibility index (Phi) is 9.04. The zero-order valence-electron chi connectivity index (χ0n) is 21.3. The lowest BCUT2D eigenvalue weighted by molar-refractivity contribution is -0.115. The number of carbonyl (C=O) groups excluding carboxylic acids is 3. The molecular formula is C29H28N2O5S2. The molecule has 0 radical (unpaired) electrons. The Morgan fingerprint density at radius 2 is 1.82 bits per heavy atom. The average Bonchev–Trinajstić information content (AvgIpc) is 3.59. The maximum absolute atomic E-state index is 13.3. The molecule has 0 saturated carbocycles. The Balaban J connectivity index is 1.51. The van der Waals surface area contributed by atoms with Gasteiger partial charge in [-0.3, -0.25) is 9.59 Å². The first-order valence-corrected chi connectivity index (χ1v) is 13.9. The fourth-order valence-electron chi connectivity index (χ4n) is 3.73. The van der Waals surface area contributed by atoms with Gasteiger partial charge in [-0.25, -0.2) is 4.79 Å². The molecule has 38 heavy (non-hydrogen) atoms. The average molecular weight is 549 g/mol. The van der Waals surface area contributed by atoms with E-state index < -0.39 is 11.2 Å². The third-order valence-electron chi connectivity index (χ3n) is 5.65. The number of ether oxygens (including phenoxy) is 1. The van der Waals surface area contributed by atoms with Crippen LogP contribution in [0, 0.1) is 6.92 Å². The molecule has 0 saturated heterocycles. The predicted molar refractivity (Wildman–Crippen MR) is 152 cm³/mol. The molecule has 9 heteroatoms. The van der Waals surface area contributed by atoms with Crippen LogP contribution in [0.4, 0.5) is 10.7 Å². The van der Waals surface area contributed by atoms with Gasteiger partial charge in [0.1, 0.15) is 10.6 Å². The van der Waals surface area contributed by atoms with Crippen molar-refractivity contribution in [3.05, 3.63) is 89.2 Å². The van der Waals surface area contributed by atoms with Crippen LogP contribution in [0.2, 0.25) is 0 Å². The van der Waals surface area contributed by atoms with E-state index in [2.05, 4.69) is 10.6 Å². The molecule has 0 fully saturated rings. The van der Waals surface area contributed by atoms with Gasteiger partial charge in [0.15, 0.2) is 5.76 Å². The second-order valence-corrected chi connectivity index (χ2v) is 10.6. The monoisotopic (exact) mass is 548 g/mol. The van der Waals surface area contributed by atoms with Crippen LogP contribution >= 0.6 is 23.1 Å². The molecular weight excluding hydrogens is 520 g/mol. The van der Waals surface area contributed by atoms with Gasteiger partial charge in [0.05, 0.1) is 18.1 Å². The number of anilines is 2. The number of furan rings is 1. The molecule has 0 aliphatic heterocycles. The van der Waals surface area contributed by atoms with Crippen molar-refractivity contribution in [1.29, 1.82) is 0 Å². The van der Waals surface area contributed by atoms with Gasteiger partial charge in [-0.1, -0.05) is 42.8 Å². The maximum Gasteiger partial charge on any atom is 0.341 e. The Labute approximate surface area is 229 Å². The molecule has 196 valence electrons. The standard InChI is InChI=1S/C29H28N2O5S2/c1-4-24(38-21-9-6-8-20(16-21)30-26(32)23-10-7-15-36-23)27(33)31-28-25(29(34)35-5-2)22(17-37-28)19-13-11-18(3)12-14-19/h6-17,24H,4-5H2,1-3H3,(H,30,32)(H,31,33). The molecule has 1 unspecified atom stereocenters. The van der Waals surface area contributed by atoms with E-state index in [9.17, 15) is 14.4 Å². The quantitative estimate of drug-likeness (QED) is 0.160. The van der Waals surface area contributed by atoms with Gasteiger partial charge >= 0.3 is 5.97 Å². The molecule has 2 N–H and O–H groups in total. The lowest BCUT2D eigenvalue weighted by atomic mass is 10.0. The minimum absolute atomic E-state index is 0.215. The van der Waals surface area contributed by atoms with Gasteiger partial charge in [0.25, 0.3) is 5.91 Å². The molecule has 0 aliphatic carbocycles. The summed E-state index contributed by atoms with van der Waals surface area (Å²) < 4.78 is 10.5. The first-order valence-electron chi connectivity index (χ1n) is 12.2. The highest BCUT2D eigenvalue weighted by atomic mass is 32.2. The summed E-state index contributed by atoms with van der Waals surface area (Å²) in [5.74, 6) is -0.826. The normalized spacial score (nSPS) is 11.6. The molecule has 0 aliphatic rings. The number of carbonyl (C=O) groups is 3. The largest absolute Gasteiger partial charge is 0.462 e. The van der Waals surface area contributed by atoms with Crippen LogP contribution in [0.15, 0.2) is 81.6 Å². The molecule has 2 amide bonds. The molecule has 2 aromatic heterocycles. The van der Waals surface area contributed by atoms with Crippen LogP contribution in [-0.4, -0.2) is 29.6 Å². The van der Waals surface area contributed by atoms with E-state index in [1.807, 2.05) is 61.7 Å². The van der Waals surface area contributed by atoms with Crippen LogP contribution in [-0.2, 0) is 9.53 Å². The Bertz CT molecular complexity index is 1410. The Hall–Kier alpha value is -3.82. The third-order valence-corrected chi connectivity index (χ3v) is 7.90. The lowest BCUT2D eigenvalue weighted by Gasteiger charge is -2.16. The molecule has 7 nitrogen and oxygen atoms in total. The molecule has 0 bridgehead atoms. The van der Waals surface area contributed by atoms with Crippen molar-refractivity contribution in [2.24, 2.45) is 0 Å². The van der Waals surface area contributed by atoms with Crippen molar-refractivity contribution in [1.82, 2.24) is 0 Å². The van der Waals surface area contributed by atoms with E-state index in [0.29, 0.717) is 22.7 Å². The van der Waals surface area contributed by atoms with Crippen molar-refractivity contribution < 1.29 is 23.5 Å². The van der Waals surface area contributed by atoms with Crippen LogP contribution in [0.25, 0.3) is 11.1 Å². The van der Waals surface area contributed by atoms with Crippen molar-refractivity contribution in [2.75, 3.05) is 17.2 Å². The van der Waals surface area contributed by atoms with Crippen LogP contribution in [0.1, 0.15) is 46.7 Å². The van der Waals surface area contributed by atoms with Crippen LogP contribution < -0.4 is 10.6 Å². The summed E-state index contributed by atoms with van der Waals surface area (Å²) in [6, 6.07) is 18.4. The Morgan fingerprint density at radius 1 is 1.03 bits per heavy atom. The van der Waals surface area contributed by atoms with Crippen molar-refractivity contribution >= 4 is 51.6 Å². The number of rotatable bonds is 10. The maximum atomic E-state index is 13.3. The SMILES string of the molecule is CCOC(=O)c1c(-c2ccc(C)cc2)csc1NC(=O)C(CC)Sc1cccc(NC(=O)c2ccco2)c1. The predicted octanol–water partition coefficient (Wildman–Crippen LogP) is 7.25. The van der Waals surface area contributed by atoms with Gasteiger partial charge in [-0.15, -0.1) is 23.1 Å². The number of aryl methyl sites for hydroxylation is 1. The summed E-state index contributed by atoms with van der Waals surface area (Å²) in [6.07, 6.45) is 2.00. The first-order chi connectivity index (χ1) is 18.4. The Morgan fingerprint density at radius 3 is 2.50 bits per heavy atom. The van der Waals surface area contributed by atoms with Crippen molar-refractivity contribution in [2.45, 2.75) is 37.3 Å². The highest BCUT2D eigenvalue weighted by molar-refractivity contribution is 8.00. The molecule has 2 heterocycles. The number of amides is 2. The molecule has 0 spiro atoms. The minimum atomic E-state index is -0.472. The number of benzene rings is 2. The highest BCUT2D eigenvalue weighted by Gasteiger charge is 2.25. The van der Waals surface area contributed by atoms with E-state index in [4.69, 9.17) is 9.15 Å². The number of hydrogen-bond donors (Lipinski definition) is 2. The summed E-state index contributed by atoms with van der Waals surface area (Å²) >= 11 is 2.69. The van der Waals surface area contributed by atoms with E-state index in [0.717, 1.165) is 21.6 Å². The number of thiophene rings is 1. The first kappa shape index (κ1) is 27.2. The number of hydrogen-bond acceptors (Lipinski definition) is 7. The van der Waals surface area contributed by atoms with Crippen LogP contribution in [0.5, 0.6) is 0 Å². The number of esters is 1. The second kappa shape index (κ2) is 12.6. The fourth-order valence-corrected chi connectivity index (χ4v) is 5.70. The minimum Gasteiger partial charge on any atom is -0.462 e. The van der Waals surface area contributed by atoms with Gasteiger partial charge < -0.3 is 19.8 Å². The molecule has 4 rings (SSSR count). The van der Waals surface area contributed by atoms with E-state index in [-0.39, 0.29) is 24.2 Å². The van der Waals surface area contributed by atoms with Crippen LogP contribution in [0.3, 0.4) is 0 Å². The second-order valence-electron chi connectivity index (χ2n) is 8.40. The summed E-state index contributed by atoms with van der Waals surface area (Å²) in [7, 11) is 0. The van der Waals surface area contributed by atoms with Crippen molar-refractivity contribution in [3.8, 4) is 11.1 Å². The van der Waals surface area contributed by atoms with E-state index in [1.165, 1.54) is 29.4 Å². The molecule has 2 aromatic carbocycles. The summed E-state index contributed by atoms with van der Waals surface area (Å²) in [5, 5.41) is 7.67. The van der Waals surface area contributed by atoms with Gasteiger partial charge in [0, 0.05) is 21.5 Å². The molecule has 1 atom stereocenters. The molecule has 4 aromatic rings. The highest BCUT2D eigenvalue weighted by Crippen LogP contribution is 2.37. The topological polar surface area (TPSA) is 97.6 Å². The zero-order valence-corrected chi connectivity index (χ0v) is 22.9. The van der Waals surface area contributed by atoms with E-state index >= 15 is 0 Å². The van der Waals surface area contributed by atoms with Gasteiger partial charge in [0.2, 0.25) is 5.91 Å². The van der Waals surface area contributed by atoms with Gasteiger partial charge in [-0.2, -0.15) is 0 Å². The third kappa shape index (κ3) is 6.54. The number of thioether (sulfide) groups is 1. The zero-order chi connectivity index (χ0) is 27.1. The summed E-state index contributed by atoms with van der Waals surface area (Å²) in [5.41, 5.74) is 3.67. The summed E-state index contributed by atoms with van der Waals surface area (Å²) in [6.45, 7) is 5.91. The lowest BCUT2D eigenvalue weighted by Crippen LogP contribution is -2.25. The fraction of sp³-hybridized carbons (Fsp3) is 0.207. The van der Waals surface area contributed by atoms with Gasteiger partial charge in [-0.05, 0) is 56.2 Å². The number of nitrogens with one attached hydrogen (secondary N) is 2. The van der Waals surface area contributed by atoms with E-state index in [1.54, 1.807) is 25.1 Å². The smallest absolute Gasteiger partial charge is 0.341 e. The van der Waals surface area contributed by atoms with Crippen molar-refractivity contribution in [3.63, 3.8) is 0 Å².